The Hall–Kier alpha value is -1.68. The minimum Gasteiger partial charge on any atom is -0.339 e. The molecule has 1 fully saturated rings. The zero-order valence-electron chi connectivity index (χ0n) is 12.2. The average Bonchev–Trinajstić information content (AvgIpc) is 3.27. The molecule has 0 saturated heterocycles. The first kappa shape index (κ1) is 13.0. The summed E-state index contributed by atoms with van der Waals surface area (Å²) < 4.78 is 5.31. The second-order valence-electron chi connectivity index (χ2n) is 6.23. The standard InChI is InChI=1S/C17H21N3O/c1-2-4-14-11-15(8-7-12(14)3-1)18-10-9-16-19-17(20-21-16)13-5-6-13/h1-4,13,15,18H,5-11H2. The van der Waals surface area contributed by atoms with Crippen LogP contribution in [0.2, 0.25) is 0 Å². The maximum atomic E-state index is 5.31. The van der Waals surface area contributed by atoms with Gasteiger partial charge < -0.3 is 9.84 Å². The van der Waals surface area contributed by atoms with E-state index in [4.69, 9.17) is 4.52 Å². The van der Waals surface area contributed by atoms with Crippen LogP contribution < -0.4 is 5.32 Å². The largest absolute Gasteiger partial charge is 0.339 e. The molecular formula is C17H21N3O. The second kappa shape index (κ2) is 5.60. The van der Waals surface area contributed by atoms with E-state index in [9.17, 15) is 0 Å². The van der Waals surface area contributed by atoms with Crippen molar-refractivity contribution in [2.24, 2.45) is 0 Å². The minimum absolute atomic E-state index is 0.574. The van der Waals surface area contributed by atoms with Gasteiger partial charge in [0.25, 0.3) is 0 Å². The molecule has 1 atom stereocenters. The topological polar surface area (TPSA) is 51.0 Å². The van der Waals surface area contributed by atoms with E-state index in [2.05, 4.69) is 39.7 Å². The number of aryl methyl sites for hydroxylation is 1. The van der Waals surface area contributed by atoms with E-state index in [1.165, 1.54) is 36.8 Å². The van der Waals surface area contributed by atoms with Gasteiger partial charge in [0, 0.05) is 24.9 Å². The lowest BCUT2D eigenvalue weighted by atomic mass is 9.88. The van der Waals surface area contributed by atoms with Gasteiger partial charge in [0.15, 0.2) is 5.82 Å². The number of aromatic nitrogens is 2. The Balaban J connectivity index is 1.27. The Morgan fingerprint density at radius 1 is 1.14 bits per heavy atom. The molecule has 1 N–H and O–H groups in total. The zero-order chi connectivity index (χ0) is 14.1. The molecule has 1 saturated carbocycles. The third kappa shape index (κ3) is 3.00. The molecular weight excluding hydrogens is 262 g/mol. The summed E-state index contributed by atoms with van der Waals surface area (Å²) in [5.74, 6) is 2.27. The van der Waals surface area contributed by atoms with E-state index < -0.39 is 0 Å². The Labute approximate surface area is 124 Å². The number of nitrogens with zero attached hydrogens (tertiary/aromatic N) is 2. The number of fused-ring (bicyclic) bond motifs is 1. The second-order valence-corrected chi connectivity index (χ2v) is 6.23. The van der Waals surface area contributed by atoms with Gasteiger partial charge in [0.05, 0.1) is 0 Å². The van der Waals surface area contributed by atoms with Crippen LogP contribution >= 0.6 is 0 Å². The summed E-state index contributed by atoms with van der Waals surface area (Å²) in [6.45, 7) is 0.916. The fourth-order valence-electron chi connectivity index (χ4n) is 3.13. The van der Waals surface area contributed by atoms with Crippen molar-refractivity contribution >= 4 is 0 Å². The molecule has 2 aliphatic rings. The molecule has 110 valence electrons. The lowest BCUT2D eigenvalue weighted by molar-refractivity contribution is 0.364. The highest BCUT2D eigenvalue weighted by Crippen LogP contribution is 2.38. The van der Waals surface area contributed by atoms with E-state index in [0.717, 1.165) is 31.1 Å². The molecule has 0 amide bonds. The van der Waals surface area contributed by atoms with E-state index in [0.29, 0.717) is 12.0 Å². The molecule has 1 aromatic carbocycles. The number of nitrogens with one attached hydrogen (secondary N) is 1. The highest BCUT2D eigenvalue weighted by atomic mass is 16.5. The van der Waals surface area contributed by atoms with Gasteiger partial charge >= 0.3 is 0 Å². The lowest BCUT2D eigenvalue weighted by Crippen LogP contribution is -2.35. The van der Waals surface area contributed by atoms with Crippen LogP contribution in [-0.2, 0) is 19.3 Å². The molecule has 4 rings (SSSR count). The van der Waals surface area contributed by atoms with Crippen LogP contribution in [0.3, 0.4) is 0 Å². The zero-order valence-corrected chi connectivity index (χ0v) is 12.2. The van der Waals surface area contributed by atoms with Gasteiger partial charge in [-0.05, 0) is 43.2 Å². The molecule has 0 spiro atoms. The van der Waals surface area contributed by atoms with Crippen molar-refractivity contribution in [3.63, 3.8) is 0 Å². The average molecular weight is 283 g/mol. The van der Waals surface area contributed by atoms with Crippen molar-refractivity contribution in [2.45, 2.75) is 50.5 Å². The quantitative estimate of drug-likeness (QED) is 0.916. The predicted octanol–water partition coefficient (Wildman–Crippen LogP) is 2.64. The van der Waals surface area contributed by atoms with E-state index >= 15 is 0 Å². The van der Waals surface area contributed by atoms with Gasteiger partial charge in [-0.2, -0.15) is 4.98 Å². The molecule has 0 aliphatic heterocycles. The predicted molar refractivity (Wildman–Crippen MR) is 80.2 cm³/mol. The fourth-order valence-corrected chi connectivity index (χ4v) is 3.13. The van der Waals surface area contributed by atoms with E-state index in [-0.39, 0.29) is 0 Å². The normalized spacial score (nSPS) is 21.2. The molecule has 2 aliphatic carbocycles. The Morgan fingerprint density at radius 3 is 2.86 bits per heavy atom. The first-order valence-corrected chi connectivity index (χ1v) is 8.01. The van der Waals surface area contributed by atoms with Gasteiger partial charge in [-0.15, -0.1) is 0 Å². The van der Waals surface area contributed by atoms with E-state index in [1.807, 2.05) is 0 Å². The van der Waals surface area contributed by atoms with Crippen molar-refractivity contribution in [1.29, 1.82) is 0 Å². The first-order chi connectivity index (χ1) is 10.4. The smallest absolute Gasteiger partial charge is 0.227 e. The van der Waals surface area contributed by atoms with Gasteiger partial charge in [-0.3, -0.25) is 0 Å². The van der Waals surface area contributed by atoms with Crippen LogP contribution in [0, 0.1) is 0 Å². The molecule has 0 bridgehead atoms. The fraction of sp³-hybridized carbons (Fsp3) is 0.529. The lowest BCUT2D eigenvalue weighted by Gasteiger charge is -2.25. The maximum absolute atomic E-state index is 5.31. The van der Waals surface area contributed by atoms with Crippen molar-refractivity contribution in [3.05, 3.63) is 47.1 Å². The van der Waals surface area contributed by atoms with Gasteiger partial charge in [0.1, 0.15) is 0 Å². The molecule has 1 unspecified atom stereocenters. The van der Waals surface area contributed by atoms with Crippen molar-refractivity contribution < 1.29 is 4.52 Å². The summed E-state index contributed by atoms with van der Waals surface area (Å²) in [4.78, 5) is 4.47. The third-order valence-electron chi connectivity index (χ3n) is 4.55. The Kier molecular flexibility index (Phi) is 3.47. The summed E-state index contributed by atoms with van der Waals surface area (Å²) in [5, 5.41) is 7.70. The Morgan fingerprint density at radius 2 is 2.00 bits per heavy atom. The molecule has 2 aromatic rings. The maximum Gasteiger partial charge on any atom is 0.227 e. The molecule has 21 heavy (non-hydrogen) atoms. The highest BCUT2D eigenvalue weighted by Gasteiger charge is 2.28. The number of hydrogen-bond acceptors (Lipinski definition) is 4. The van der Waals surface area contributed by atoms with Crippen LogP contribution in [0.4, 0.5) is 0 Å². The molecule has 0 radical (unpaired) electrons. The van der Waals surface area contributed by atoms with Crippen LogP contribution in [0.15, 0.2) is 28.8 Å². The summed E-state index contributed by atoms with van der Waals surface area (Å²) >= 11 is 0. The van der Waals surface area contributed by atoms with E-state index in [1.54, 1.807) is 0 Å². The van der Waals surface area contributed by atoms with Crippen molar-refractivity contribution in [3.8, 4) is 0 Å². The first-order valence-electron chi connectivity index (χ1n) is 8.01. The summed E-state index contributed by atoms with van der Waals surface area (Å²) in [6, 6.07) is 9.36. The van der Waals surface area contributed by atoms with Gasteiger partial charge in [-0.1, -0.05) is 29.4 Å². The monoisotopic (exact) mass is 283 g/mol. The van der Waals surface area contributed by atoms with Gasteiger partial charge in [0.2, 0.25) is 5.89 Å². The summed E-state index contributed by atoms with van der Waals surface area (Å²) in [7, 11) is 0. The summed E-state index contributed by atoms with van der Waals surface area (Å²) in [5.41, 5.74) is 3.01. The Bertz CT molecular complexity index is 618. The van der Waals surface area contributed by atoms with Crippen LogP contribution in [0.25, 0.3) is 0 Å². The van der Waals surface area contributed by atoms with Crippen LogP contribution in [-0.4, -0.2) is 22.7 Å². The minimum atomic E-state index is 0.574. The van der Waals surface area contributed by atoms with Crippen LogP contribution in [0.1, 0.15) is 48.0 Å². The third-order valence-corrected chi connectivity index (χ3v) is 4.55. The van der Waals surface area contributed by atoms with Gasteiger partial charge in [-0.25, -0.2) is 0 Å². The number of benzene rings is 1. The number of hydrogen-bond donors (Lipinski definition) is 1. The van der Waals surface area contributed by atoms with Crippen LogP contribution in [0.5, 0.6) is 0 Å². The molecule has 1 heterocycles. The van der Waals surface area contributed by atoms with Crippen molar-refractivity contribution in [1.82, 2.24) is 15.5 Å². The molecule has 4 heteroatoms. The molecule has 4 nitrogen and oxygen atoms in total. The number of rotatable bonds is 5. The van der Waals surface area contributed by atoms with Crippen molar-refractivity contribution in [2.75, 3.05) is 6.54 Å². The SMILES string of the molecule is c1ccc2c(c1)CCC(NCCc1nc(C3CC3)no1)C2. The molecule has 1 aromatic heterocycles. The highest BCUT2D eigenvalue weighted by molar-refractivity contribution is 5.30. The summed E-state index contributed by atoms with van der Waals surface area (Å²) in [6.07, 6.45) is 6.80.